The average Bonchev–Trinajstić information content (AvgIpc) is 2.87. The molecule has 2 aromatic carbocycles. The molecular formula is C28H32N2O5. The fourth-order valence-electron chi connectivity index (χ4n) is 4.75. The van der Waals surface area contributed by atoms with Crippen LogP contribution >= 0.6 is 0 Å². The molecule has 0 spiro atoms. The van der Waals surface area contributed by atoms with E-state index in [0.29, 0.717) is 47.1 Å². The molecule has 0 bridgehead atoms. The van der Waals surface area contributed by atoms with Crippen molar-refractivity contribution in [3.05, 3.63) is 70.6 Å². The molecule has 7 heteroatoms. The molecule has 0 unspecified atom stereocenters. The molecule has 1 aliphatic heterocycles. The maximum atomic E-state index is 13.7. The van der Waals surface area contributed by atoms with Gasteiger partial charge in [-0.05, 0) is 56.0 Å². The highest BCUT2D eigenvalue weighted by Crippen LogP contribution is 2.44. The lowest BCUT2D eigenvalue weighted by atomic mass is 9.75. The number of hydrogen-bond acceptors (Lipinski definition) is 6. The zero-order valence-corrected chi connectivity index (χ0v) is 20.7. The minimum absolute atomic E-state index is 0.0594. The number of allylic oxidation sites excluding steroid dienone is 3. The summed E-state index contributed by atoms with van der Waals surface area (Å²) in [5, 5.41) is 6.34. The number of methoxy groups -OCH3 is 2. The summed E-state index contributed by atoms with van der Waals surface area (Å²) in [7, 11) is 3.15. The standard InChI is InChI=1S/C28H32N2O5/c1-5-15-35-23-14-13-18(16-24(23)34-4)26-25(17(2)29-20-10-8-11-21(31)27(20)26)28(32)30-19-9-6-7-12-22(19)33-3/h6-7,9,12-14,16,26,29H,5,8,10-11,15H2,1-4H3,(H,30,32)/t26-/m0/s1. The van der Waals surface area contributed by atoms with Gasteiger partial charge in [0.15, 0.2) is 17.3 Å². The molecule has 0 saturated carbocycles. The number of dihydropyridines is 1. The third kappa shape index (κ3) is 4.90. The number of ether oxygens (including phenoxy) is 3. The van der Waals surface area contributed by atoms with Crippen molar-refractivity contribution in [2.45, 2.75) is 45.4 Å². The Hall–Kier alpha value is -3.74. The molecule has 4 rings (SSSR count). The number of para-hydroxylation sites is 2. The van der Waals surface area contributed by atoms with Gasteiger partial charge >= 0.3 is 0 Å². The number of anilines is 1. The van der Waals surface area contributed by atoms with Crippen molar-refractivity contribution in [2.75, 3.05) is 26.1 Å². The normalized spacial score (nSPS) is 17.5. The van der Waals surface area contributed by atoms with Crippen molar-refractivity contribution < 1.29 is 23.8 Å². The number of hydrogen-bond donors (Lipinski definition) is 2. The van der Waals surface area contributed by atoms with Gasteiger partial charge in [-0.1, -0.05) is 25.1 Å². The average molecular weight is 477 g/mol. The second-order valence-electron chi connectivity index (χ2n) is 8.68. The summed E-state index contributed by atoms with van der Waals surface area (Å²) in [5.74, 6) is 1.01. The SMILES string of the molecule is CCCOc1ccc([C@H]2C(C(=O)Nc3ccccc3OC)=C(C)NC3=C2C(=O)CCC3)cc1OC. The van der Waals surface area contributed by atoms with Crippen molar-refractivity contribution in [1.29, 1.82) is 0 Å². The number of rotatable bonds is 8. The van der Waals surface area contributed by atoms with E-state index in [1.165, 1.54) is 0 Å². The lowest BCUT2D eigenvalue weighted by Crippen LogP contribution is -2.35. The van der Waals surface area contributed by atoms with Gasteiger partial charge in [-0.2, -0.15) is 0 Å². The second kappa shape index (κ2) is 10.7. The summed E-state index contributed by atoms with van der Waals surface area (Å²) >= 11 is 0. The zero-order valence-electron chi connectivity index (χ0n) is 20.7. The lowest BCUT2D eigenvalue weighted by Gasteiger charge is -2.34. The smallest absolute Gasteiger partial charge is 0.254 e. The zero-order chi connectivity index (χ0) is 24.9. The summed E-state index contributed by atoms with van der Waals surface area (Å²) in [6.45, 7) is 4.49. The molecule has 0 saturated heterocycles. The van der Waals surface area contributed by atoms with Gasteiger partial charge in [-0.3, -0.25) is 9.59 Å². The quantitative estimate of drug-likeness (QED) is 0.551. The first-order valence-electron chi connectivity index (χ1n) is 12.0. The monoisotopic (exact) mass is 476 g/mol. The van der Waals surface area contributed by atoms with Crippen LogP contribution in [0.4, 0.5) is 5.69 Å². The molecular weight excluding hydrogens is 444 g/mol. The van der Waals surface area contributed by atoms with Gasteiger partial charge in [0.05, 0.1) is 26.5 Å². The first-order chi connectivity index (χ1) is 17.0. The van der Waals surface area contributed by atoms with E-state index in [0.717, 1.165) is 36.2 Å². The topological polar surface area (TPSA) is 85.9 Å². The van der Waals surface area contributed by atoms with E-state index in [-0.39, 0.29) is 11.7 Å². The summed E-state index contributed by atoms with van der Waals surface area (Å²) in [4.78, 5) is 26.9. The predicted octanol–water partition coefficient (Wildman–Crippen LogP) is 5.10. The van der Waals surface area contributed by atoms with Crippen molar-refractivity contribution in [3.8, 4) is 17.2 Å². The van der Waals surface area contributed by atoms with Crippen molar-refractivity contribution in [3.63, 3.8) is 0 Å². The van der Waals surface area contributed by atoms with Gasteiger partial charge in [0.2, 0.25) is 0 Å². The van der Waals surface area contributed by atoms with Gasteiger partial charge in [-0.15, -0.1) is 0 Å². The molecule has 7 nitrogen and oxygen atoms in total. The number of carbonyl (C=O) groups is 2. The first kappa shape index (κ1) is 24.4. The third-order valence-corrected chi connectivity index (χ3v) is 6.36. The van der Waals surface area contributed by atoms with Crippen LogP contribution in [0.3, 0.4) is 0 Å². The lowest BCUT2D eigenvalue weighted by molar-refractivity contribution is -0.116. The Morgan fingerprint density at radius 2 is 1.83 bits per heavy atom. The number of benzene rings is 2. The van der Waals surface area contributed by atoms with E-state index in [9.17, 15) is 9.59 Å². The van der Waals surface area contributed by atoms with Crippen molar-refractivity contribution >= 4 is 17.4 Å². The summed E-state index contributed by atoms with van der Waals surface area (Å²) < 4.78 is 16.8. The Balaban J connectivity index is 1.79. The van der Waals surface area contributed by atoms with Crippen LogP contribution in [0.25, 0.3) is 0 Å². The number of Topliss-reactive ketones (excluding diaryl/α,β-unsaturated/α-hetero) is 1. The van der Waals surface area contributed by atoms with E-state index in [4.69, 9.17) is 14.2 Å². The van der Waals surface area contributed by atoms with Crippen LogP contribution in [-0.2, 0) is 9.59 Å². The summed E-state index contributed by atoms with van der Waals surface area (Å²) in [6, 6.07) is 12.9. The molecule has 2 aliphatic rings. The van der Waals surface area contributed by atoms with Crippen LogP contribution in [0, 0.1) is 0 Å². The van der Waals surface area contributed by atoms with E-state index in [1.54, 1.807) is 26.4 Å². The molecule has 0 radical (unpaired) electrons. The summed E-state index contributed by atoms with van der Waals surface area (Å²) in [6.07, 6.45) is 2.90. The fourth-order valence-corrected chi connectivity index (χ4v) is 4.75. The van der Waals surface area contributed by atoms with Gasteiger partial charge in [-0.25, -0.2) is 0 Å². The molecule has 1 amide bonds. The van der Waals surface area contributed by atoms with Crippen LogP contribution in [0.1, 0.15) is 51.0 Å². The van der Waals surface area contributed by atoms with Crippen molar-refractivity contribution in [2.24, 2.45) is 0 Å². The third-order valence-electron chi connectivity index (χ3n) is 6.36. The van der Waals surface area contributed by atoms with Crippen LogP contribution in [-0.4, -0.2) is 32.5 Å². The Bertz CT molecular complexity index is 1200. The number of carbonyl (C=O) groups excluding carboxylic acids is 2. The molecule has 184 valence electrons. The highest BCUT2D eigenvalue weighted by Gasteiger charge is 2.39. The molecule has 1 atom stereocenters. The summed E-state index contributed by atoms with van der Waals surface area (Å²) in [5.41, 5.74) is 4.13. The minimum Gasteiger partial charge on any atom is -0.495 e. The van der Waals surface area contributed by atoms with Crippen molar-refractivity contribution in [1.82, 2.24) is 5.32 Å². The Morgan fingerprint density at radius 1 is 1.06 bits per heavy atom. The maximum absolute atomic E-state index is 13.7. The van der Waals surface area contributed by atoms with E-state index in [2.05, 4.69) is 10.6 Å². The van der Waals surface area contributed by atoms with Gasteiger partial charge in [0.1, 0.15) is 5.75 Å². The second-order valence-corrected chi connectivity index (χ2v) is 8.68. The molecule has 1 heterocycles. The number of ketones is 1. The van der Waals surface area contributed by atoms with E-state index < -0.39 is 5.92 Å². The molecule has 0 fully saturated rings. The maximum Gasteiger partial charge on any atom is 0.254 e. The first-order valence-corrected chi connectivity index (χ1v) is 12.0. The predicted molar refractivity (Wildman–Crippen MR) is 135 cm³/mol. The molecule has 0 aromatic heterocycles. The van der Waals surface area contributed by atoms with Gasteiger partial charge in [0.25, 0.3) is 5.91 Å². The molecule has 35 heavy (non-hydrogen) atoms. The Labute approximate surface area is 206 Å². The highest BCUT2D eigenvalue weighted by atomic mass is 16.5. The Morgan fingerprint density at radius 3 is 2.57 bits per heavy atom. The Kier molecular flexibility index (Phi) is 7.44. The number of amides is 1. The van der Waals surface area contributed by atoms with Gasteiger partial charge < -0.3 is 24.8 Å². The molecule has 2 N–H and O–H groups in total. The van der Waals surface area contributed by atoms with Gasteiger partial charge in [0, 0.05) is 34.9 Å². The van der Waals surface area contributed by atoms with Crippen LogP contribution in [0.15, 0.2) is 65.0 Å². The van der Waals surface area contributed by atoms with Crippen LogP contribution < -0.4 is 24.8 Å². The molecule has 1 aliphatic carbocycles. The highest BCUT2D eigenvalue weighted by molar-refractivity contribution is 6.10. The fraction of sp³-hybridized carbons (Fsp3) is 0.357. The largest absolute Gasteiger partial charge is 0.495 e. The van der Waals surface area contributed by atoms with E-state index in [1.807, 2.05) is 44.2 Å². The molecule has 2 aromatic rings. The number of nitrogens with one attached hydrogen (secondary N) is 2. The van der Waals surface area contributed by atoms with Crippen LogP contribution in [0.2, 0.25) is 0 Å². The van der Waals surface area contributed by atoms with Crippen LogP contribution in [0.5, 0.6) is 17.2 Å². The van der Waals surface area contributed by atoms with E-state index >= 15 is 0 Å². The minimum atomic E-state index is -0.525.